The molecule has 1 aromatic heterocycles. The average molecular weight is 317 g/mol. The lowest BCUT2D eigenvalue weighted by Gasteiger charge is -2.28. The quantitative estimate of drug-likeness (QED) is 0.645. The number of alkyl halides is 1. The summed E-state index contributed by atoms with van der Waals surface area (Å²) in [5.41, 5.74) is 1.91. The van der Waals surface area contributed by atoms with Crippen molar-refractivity contribution in [3.8, 4) is 0 Å². The molecular weight excluding hydrogens is 303 g/mol. The van der Waals surface area contributed by atoms with Gasteiger partial charge in [-0.25, -0.2) is 4.98 Å². The Balaban J connectivity index is 2.25. The summed E-state index contributed by atoms with van der Waals surface area (Å²) in [6.45, 7) is 0. The molecule has 4 heteroatoms. The number of rotatable bonds is 3. The normalized spacial score (nSPS) is 13.9. The van der Waals surface area contributed by atoms with Crippen molar-refractivity contribution < 1.29 is 0 Å². The van der Waals surface area contributed by atoms with Crippen LogP contribution in [-0.2, 0) is 11.9 Å². The summed E-state index contributed by atoms with van der Waals surface area (Å²) < 4.78 is 1.94. The van der Waals surface area contributed by atoms with E-state index < -0.39 is 4.87 Å². The van der Waals surface area contributed by atoms with Crippen molar-refractivity contribution in [2.75, 3.05) is 0 Å². The fourth-order valence-corrected chi connectivity index (χ4v) is 3.03. The van der Waals surface area contributed by atoms with Crippen molar-refractivity contribution >= 4 is 23.2 Å². The van der Waals surface area contributed by atoms with Crippen molar-refractivity contribution in [3.63, 3.8) is 0 Å². The Morgan fingerprint density at radius 1 is 0.952 bits per heavy atom. The molecule has 0 saturated heterocycles. The Labute approximate surface area is 134 Å². The molecule has 21 heavy (non-hydrogen) atoms. The first kappa shape index (κ1) is 14.2. The molecule has 0 aliphatic rings. The van der Waals surface area contributed by atoms with Gasteiger partial charge < -0.3 is 4.57 Å². The van der Waals surface area contributed by atoms with E-state index in [1.54, 1.807) is 6.20 Å². The summed E-state index contributed by atoms with van der Waals surface area (Å²) in [6.07, 6.45) is 3.65. The summed E-state index contributed by atoms with van der Waals surface area (Å²) in [4.78, 5) is 3.62. The number of halogens is 2. The molecule has 0 saturated carbocycles. The van der Waals surface area contributed by atoms with Crippen LogP contribution in [0, 0.1) is 0 Å². The van der Waals surface area contributed by atoms with E-state index in [1.165, 1.54) is 0 Å². The van der Waals surface area contributed by atoms with E-state index in [2.05, 4.69) is 4.98 Å². The topological polar surface area (TPSA) is 17.8 Å². The van der Waals surface area contributed by atoms with Gasteiger partial charge in [-0.3, -0.25) is 0 Å². The van der Waals surface area contributed by atoms with E-state index in [9.17, 15) is 0 Å². The summed E-state index contributed by atoms with van der Waals surface area (Å²) in [5, 5.41) is 0.686. The molecule has 0 radical (unpaired) electrons. The Bertz CT molecular complexity index is 735. The standard InChI is InChI=1S/C17H14Cl2N2/c1-21-12-11-20-16(21)17(19,13-5-3-2-4-6-13)14-7-9-15(18)10-8-14/h2-12H,1H3. The molecule has 0 amide bonds. The first-order valence-electron chi connectivity index (χ1n) is 6.60. The molecule has 2 aromatic carbocycles. The van der Waals surface area contributed by atoms with E-state index in [0.29, 0.717) is 5.02 Å². The molecule has 0 bridgehead atoms. The Hall–Kier alpha value is -1.77. The second-order valence-corrected chi connectivity index (χ2v) is 5.90. The fourth-order valence-electron chi connectivity index (χ4n) is 2.47. The highest BCUT2D eigenvalue weighted by Gasteiger charge is 2.37. The second-order valence-electron chi connectivity index (χ2n) is 4.89. The van der Waals surface area contributed by atoms with Crippen LogP contribution in [0.25, 0.3) is 0 Å². The molecule has 3 aromatic rings. The van der Waals surface area contributed by atoms with Crippen LogP contribution in [0.2, 0.25) is 5.02 Å². The zero-order valence-corrected chi connectivity index (χ0v) is 13.0. The first-order valence-corrected chi connectivity index (χ1v) is 7.36. The van der Waals surface area contributed by atoms with Crippen molar-refractivity contribution in [2.45, 2.75) is 4.87 Å². The predicted octanol–water partition coefficient (Wildman–Crippen LogP) is 4.60. The molecule has 0 aliphatic carbocycles. The number of aryl methyl sites for hydroxylation is 1. The van der Waals surface area contributed by atoms with Crippen LogP contribution in [-0.4, -0.2) is 9.55 Å². The lowest BCUT2D eigenvalue weighted by molar-refractivity contribution is 0.716. The second kappa shape index (κ2) is 5.55. The maximum absolute atomic E-state index is 7.09. The van der Waals surface area contributed by atoms with Gasteiger partial charge in [-0.05, 0) is 23.3 Å². The van der Waals surface area contributed by atoms with Gasteiger partial charge in [0.2, 0.25) is 0 Å². The molecule has 0 aliphatic heterocycles. The highest BCUT2D eigenvalue weighted by atomic mass is 35.5. The third-order valence-corrected chi connectivity index (χ3v) is 4.40. The maximum atomic E-state index is 7.09. The molecule has 1 atom stereocenters. The summed E-state index contributed by atoms with van der Waals surface area (Å²) >= 11 is 13.1. The number of imidazole rings is 1. The number of hydrogen-bond donors (Lipinski definition) is 0. The lowest BCUT2D eigenvalue weighted by Crippen LogP contribution is -2.26. The Morgan fingerprint density at radius 3 is 2.14 bits per heavy atom. The van der Waals surface area contributed by atoms with Gasteiger partial charge in [0.15, 0.2) is 4.87 Å². The highest BCUT2D eigenvalue weighted by Crippen LogP contribution is 2.42. The van der Waals surface area contributed by atoms with E-state index in [-0.39, 0.29) is 0 Å². The average Bonchev–Trinajstić information content (AvgIpc) is 2.95. The monoisotopic (exact) mass is 316 g/mol. The molecule has 0 fully saturated rings. The number of hydrogen-bond acceptors (Lipinski definition) is 1. The first-order chi connectivity index (χ1) is 10.1. The largest absolute Gasteiger partial charge is 0.336 e. The minimum absolute atomic E-state index is 0.686. The van der Waals surface area contributed by atoms with E-state index >= 15 is 0 Å². The van der Waals surface area contributed by atoms with E-state index in [4.69, 9.17) is 23.2 Å². The number of nitrogens with zero attached hydrogens (tertiary/aromatic N) is 2. The summed E-state index contributed by atoms with van der Waals surface area (Å²) in [7, 11) is 1.94. The van der Waals surface area contributed by atoms with Crippen LogP contribution in [0.1, 0.15) is 17.0 Å². The molecule has 1 unspecified atom stereocenters. The van der Waals surface area contributed by atoms with Gasteiger partial charge >= 0.3 is 0 Å². The Morgan fingerprint density at radius 2 is 1.57 bits per heavy atom. The highest BCUT2D eigenvalue weighted by molar-refractivity contribution is 6.31. The minimum atomic E-state index is -0.843. The van der Waals surface area contributed by atoms with Crippen molar-refractivity contribution in [2.24, 2.45) is 7.05 Å². The molecule has 2 nitrogen and oxygen atoms in total. The molecule has 0 spiro atoms. The van der Waals surface area contributed by atoms with Gasteiger partial charge in [0.05, 0.1) is 0 Å². The van der Waals surface area contributed by atoms with Gasteiger partial charge in [-0.2, -0.15) is 0 Å². The third kappa shape index (κ3) is 2.45. The lowest BCUT2D eigenvalue weighted by atomic mass is 9.89. The van der Waals surface area contributed by atoms with Gasteiger partial charge in [0.25, 0.3) is 0 Å². The minimum Gasteiger partial charge on any atom is -0.336 e. The van der Waals surface area contributed by atoms with Crippen LogP contribution in [0.4, 0.5) is 0 Å². The maximum Gasteiger partial charge on any atom is 0.152 e. The van der Waals surface area contributed by atoms with E-state index in [1.807, 2.05) is 72.4 Å². The van der Waals surface area contributed by atoms with Crippen LogP contribution in [0.5, 0.6) is 0 Å². The van der Waals surface area contributed by atoms with Crippen LogP contribution < -0.4 is 0 Å². The molecule has 3 rings (SSSR count). The molecule has 1 heterocycles. The molecular formula is C17H14Cl2N2. The zero-order valence-electron chi connectivity index (χ0n) is 11.5. The summed E-state index contributed by atoms with van der Waals surface area (Å²) in [5.74, 6) is 0.776. The smallest absolute Gasteiger partial charge is 0.152 e. The fraction of sp³-hybridized carbons (Fsp3) is 0.118. The molecule has 0 N–H and O–H groups in total. The van der Waals surface area contributed by atoms with Crippen LogP contribution in [0.3, 0.4) is 0 Å². The zero-order chi connectivity index (χ0) is 14.9. The third-order valence-electron chi connectivity index (χ3n) is 3.54. The van der Waals surface area contributed by atoms with Gasteiger partial charge in [0, 0.05) is 24.5 Å². The van der Waals surface area contributed by atoms with Crippen LogP contribution >= 0.6 is 23.2 Å². The Kier molecular flexibility index (Phi) is 3.75. The molecule has 106 valence electrons. The predicted molar refractivity (Wildman–Crippen MR) is 86.8 cm³/mol. The van der Waals surface area contributed by atoms with Gasteiger partial charge in [-0.1, -0.05) is 54.1 Å². The van der Waals surface area contributed by atoms with Crippen molar-refractivity contribution in [3.05, 3.63) is 89.0 Å². The van der Waals surface area contributed by atoms with Crippen LogP contribution in [0.15, 0.2) is 67.0 Å². The summed E-state index contributed by atoms with van der Waals surface area (Å²) in [6, 6.07) is 17.5. The SMILES string of the molecule is Cn1ccnc1C(Cl)(c1ccccc1)c1ccc(Cl)cc1. The number of aromatic nitrogens is 2. The van der Waals surface area contributed by atoms with E-state index in [0.717, 1.165) is 17.0 Å². The van der Waals surface area contributed by atoms with Gasteiger partial charge in [-0.15, -0.1) is 11.6 Å². The van der Waals surface area contributed by atoms with Crippen molar-refractivity contribution in [1.29, 1.82) is 0 Å². The van der Waals surface area contributed by atoms with Crippen molar-refractivity contribution in [1.82, 2.24) is 9.55 Å². The van der Waals surface area contributed by atoms with Gasteiger partial charge in [0.1, 0.15) is 5.82 Å². The number of benzene rings is 2.